The Kier molecular flexibility index (Phi) is 4.96. The van der Waals surface area contributed by atoms with Gasteiger partial charge in [0.25, 0.3) is 0 Å². The number of carboxylic acid groups (broad SMARTS) is 1. The number of hydrogen-bond acceptors (Lipinski definition) is 1. The molecule has 88 valence electrons. The molecule has 1 aromatic rings. The quantitative estimate of drug-likeness (QED) is 0.510. The molecule has 0 aromatic heterocycles. The van der Waals surface area contributed by atoms with Crippen LogP contribution < -0.4 is 4.46 Å². The van der Waals surface area contributed by atoms with E-state index in [0.29, 0.717) is 11.1 Å². The Bertz CT molecular complexity index is 524. The molecule has 0 heterocycles. The van der Waals surface area contributed by atoms with Gasteiger partial charge in [0, 0.05) is 0 Å². The molecule has 0 bridgehead atoms. The maximum absolute atomic E-state index is 13.0. The van der Waals surface area contributed by atoms with Crippen LogP contribution in [0, 0.1) is 23.5 Å². The molecule has 17 heavy (non-hydrogen) atoms. The molecule has 4 heteroatoms. The van der Waals surface area contributed by atoms with E-state index in [1.807, 2.05) is 0 Å². The molecule has 0 saturated carbocycles. The zero-order valence-electron chi connectivity index (χ0n) is 9.45. The van der Waals surface area contributed by atoms with Crippen LogP contribution in [0.1, 0.15) is 12.5 Å². The van der Waals surface area contributed by atoms with Crippen LogP contribution in [0.25, 0.3) is 0 Å². The number of rotatable bonds is 2. The van der Waals surface area contributed by atoms with E-state index >= 15 is 0 Å². The fraction of sp³-hybridized carbons (Fsp3) is 0.154. The fourth-order valence-electron chi connectivity index (χ4n) is 1.07. The second kappa shape index (κ2) is 6.24. The molecule has 0 saturated heterocycles. The van der Waals surface area contributed by atoms with Crippen LogP contribution in [-0.4, -0.2) is 26.0 Å². The molecular weight excluding hydrogens is 286 g/mol. The van der Waals surface area contributed by atoms with E-state index in [4.69, 9.17) is 5.11 Å². The van der Waals surface area contributed by atoms with Crippen molar-refractivity contribution in [1.82, 2.24) is 0 Å². The number of hydrogen-bond donors (Lipinski definition) is 1. The Morgan fingerprint density at radius 1 is 1.53 bits per heavy atom. The van der Waals surface area contributed by atoms with Gasteiger partial charge in [-0.25, -0.2) is 0 Å². The summed E-state index contributed by atoms with van der Waals surface area (Å²) in [7, 11) is 0. The van der Waals surface area contributed by atoms with Gasteiger partial charge in [-0.05, 0) is 0 Å². The molecule has 0 radical (unpaired) electrons. The zero-order chi connectivity index (χ0) is 12.8. The van der Waals surface area contributed by atoms with E-state index in [2.05, 4.69) is 10.7 Å². The van der Waals surface area contributed by atoms with Gasteiger partial charge in [-0.3, -0.25) is 0 Å². The summed E-state index contributed by atoms with van der Waals surface area (Å²) in [4.78, 5) is 13.3. The SMILES string of the molecule is C/C(C#C[Se]c1ccc(F)c(C)c1)=C\C(=O)O. The van der Waals surface area contributed by atoms with E-state index < -0.39 is 5.97 Å². The van der Waals surface area contributed by atoms with E-state index in [-0.39, 0.29) is 20.8 Å². The predicted octanol–water partition coefficient (Wildman–Crippen LogP) is 1.46. The summed E-state index contributed by atoms with van der Waals surface area (Å²) < 4.78 is 14.0. The van der Waals surface area contributed by atoms with Crippen LogP contribution in [-0.2, 0) is 4.79 Å². The first-order valence-electron chi connectivity index (χ1n) is 4.84. The minimum atomic E-state index is -0.998. The number of allylic oxidation sites excluding steroid dienone is 1. The van der Waals surface area contributed by atoms with Crippen molar-refractivity contribution >= 4 is 25.4 Å². The van der Waals surface area contributed by atoms with Crippen LogP contribution in [0.4, 0.5) is 4.39 Å². The van der Waals surface area contributed by atoms with E-state index in [1.165, 1.54) is 6.07 Å². The van der Waals surface area contributed by atoms with E-state index in [1.54, 1.807) is 26.0 Å². The van der Waals surface area contributed by atoms with Gasteiger partial charge in [-0.15, -0.1) is 0 Å². The third-order valence-electron chi connectivity index (χ3n) is 1.89. The molecule has 0 fully saturated rings. The summed E-state index contributed by atoms with van der Waals surface area (Å²) in [6, 6.07) is 4.89. The maximum atomic E-state index is 13.0. The average molecular weight is 297 g/mol. The molecule has 0 aliphatic heterocycles. The molecule has 1 aromatic carbocycles. The Balaban J connectivity index is 2.71. The van der Waals surface area contributed by atoms with Gasteiger partial charge < -0.3 is 0 Å². The number of aliphatic carboxylic acids is 1. The Labute approximate surface area is 106 Å². The number of benzene rings is 1. The van der Waals surface area contributed by atoms with E-state index in [9.17, 15) is 9.18 Å². The second-order valence-corrected chi connectivity index (χ2v) is 5.25. The van der Waals surface area contributed by atoms with Crippen LogP contribution in [0.3, 0.4) is 0 Å². The first-order valence-corrected chi connectivity index (χ1v) is 6.55. The molecule has 0 spiro atoms. The van der Waals surface area contributed by atoms with Crippen LogP contribution >= 0.6 is 0 Å². The first kappa shape index (κ1) is 13.5. The van der Waals surface area contributed by atoms with E-state index in [0.717, 1.165) is 10.5 Å². The Morgan fingerprint density at radius 3 is 2.82 bits per heavy atom. The molecule has 0 aliphatic carbocycles. The zero-order valence-corrected chi connectivity index (χ0v) is 11.2. The second-order valence-electron chi connectivity index (χ2n) is 3.41. The monoisotopic (exact) mass is 298 g/mol. The van der Waals surface area contributed by atoms with Gasteiger partial charge in [0.05, 0.1) is 0 Å². The summed E-state index contributed by atoms with van der Waals surface area (Å²) in [5, 5.41) is 8.49. The van der Waals surface area contributed by atoms with Crippen molar-refractivity contribution in [1.29, 1.82) is 0 Å². The summed E-state index contributed by atoms with van der Waals surface area (Å²) in [5.74, 6) is 1.54. The predicted molar refractivity (Wildman–Crippen MR) is 65.7 cm³/mol. The summed E-state index contributed by atoms with van der Waals surface area (Å²) in [5.41, 5.74) is 1.11. The van der Waals surface area contributed by atoms with Crippen LogP contribution in [0.15, 0.2) is 29.8 Å². The van der Waals surface area contributed by atoms with Crippen LogP contribution in [0.2, 0.25) is 0 Å². The molecule has 0 unspecified atom stereocenters. The van der Waals surface area contributed by atoms with Crippen molar-refractivity contribution in [2.24, 2.45) is 0 Å². The topological polar surface area (TPSA) is 37.3 Å². The molecule has 1 N–H and O–H groups in total. The molecular formula is C13H11FO2Se. The minimum absolute atomic E-state index is 0.0912. The van der Waals surface area contributed by atoms with Gasteiger partial charge in [0.15, 0.2) is 0 Å². The number of carbonyl (C=O) groups is 1. The van der Waals surface area contributed by atoms with Gasteiger partial charge in [0.2, 0.25) is 0 Å². The van der Waals surface area contributed by atoms with Crippen molar-refractivity contribution in [3.63, 3.8) is 0 Å². The van der Waals surface area contributed by atoms with Crippen molar-refractivity contribution in [3.8, 4) is 10.7 Å². The van der Waals surface area contributed by atoms with Gasteiger partial charge in [-0.1, -0.05) is 0 Å². The molecule has 1 rings (SSSR count). The standard InChI is InChI=1S/C13H11FO2Se/c1-9(7-13(15)16)5-6-17-11-3-4-12(14)10(2)8-11/h3-4,7-8H,1-2H3,(H,15,16)/b9-7+. The summed E-state index contributed by atoms with van der Waals surface area (Å²) >= 11 is -0.0912. The Morgan fingerprint density at radius 2 is 2.24 bits per heavy atom. The average Bonchev–Trinajstić information content (AvgIpc) is 2.22. The van der Waals surface area contributed by atoms with Crippen molar-refractivity contribution in [3.05, 3.63) is 41.2 Å². The Hall–Kier alpha value is -1.56. The normalized spacial score (nSPS) is 10.6. The van der Waals surface area contributed by atoms with Gasteiger partial charge >= 0.3 is 105 Å². The molecule has 0 aliphatic rings. The number of aryl methyl sites for hydroxylation is 1. The third-order valence-corrected chi connectivity index (χ3v) is 3.34. The summed E-state index contributed by atoms with van der Waals surface area (Å²) in [6.07, 6.45) is 1.07. The van der Waals surface area contributed by atoms with Crippen molar-refractivity contribution < 1.29 is 14.3 Å². The van der Waals surface area contributed by atoms with Crippen LogP contribution in [0.5, 0.6) is 0 Å². The third kappa shape index (κ3) is 4.86. The fourth-order valence-corrected chi connectivity index (χ4v) is 2.54. The number of halogens is 1. The molecule has 0 atom stereocenters. The molecule has 2 nitrogen and oxygen atoms in total. The van der Waals surface area contributed by atoms with Crippen molar-refractivity contribution in [2.75, 3.05) is 0 Å². The van der Waals surface area contributed by atoms with Gasteiger partial charge in [-0.2, -0.15) is 0 Å². The number of carboxylic acids is 1. The summed E-state index contributed by atoms with van der Waals surface area (Å²) in [6.45, 7) is 3.35. The van der Waals surface area contributed by atoms with Crippen molar-refractivity contribution in [2.45, 2.75) is 13.8 Å². The first-order chi connectivity index (χ1) is 7.99. The van der Waals surface area contributed by atoms with Gasteiger partial charge in [0.1, 0.15) is 0 Å². The molecule has 0 amide bonds.